The Balaban J connectivity index is 0. The number of hydrogen-bond donors (Lipinski definition) is 3. The molecule has 1 aromatic carbocycles. The summed E-state index contributed by atoms with van der Waals surface area (Å²) in [5.74, 6) is 0.0347. The summed E-state index contributed by atoms with van der Waals surface area (Å²) in [6, 6.07) is 6.40. The van der Waals surface area contributed by atoms with Crippen molar-refractivity contribution < 1.29 is 26.7 Å². The van der Waals surface area contributed by atoms with Crippen molar-refractivity contribution in [3.05, 3.63) is 29.8 Å². The molecule has 1 rings (SSSR count). The summed E-state index contributed by atoms with van der Waals surface area (Å²) in [5, 5.41) is 8.88. The summed E-state index contributed by atoms with van der Waals surface area (Å²) in [4.78, 5) is 10.1. The van der Waals surface area contributed by atoms with Crippen LogP contribution in [0.25, 0.3) is 0 Å². The van der Waals surface area contributed by atoms with Crippen LogP contribution < -0.4 is 11.5 Å². The second-order valence-electron chi connectivity index (χ2n) is 2.25. The molecule has 1 aromatic rings. The van der Waals surface area contributed by atoms with Gasteiger partial charge in [-0.2, -0.15) is 0 Å². The Morgan fingerprint density at radius 3 is 2.00 bits per heavy atom. The standard InChI is InChI=1S/C7H6O2.C2H8N2.Co/c8-5-6-3-1-2-4-7(6)9;3-1-2-4;/h1-5,9H;1-4H2;. The molecular weight excluding hydrogens is 227 g/mol. The number of benzene rings is 1. The van der Waals surface area contributed by atoms with E-state index in [0.29, 0.717) is 24.9 Å². The van der Waals surface area contributed by atoms with Crippen molar-refractivity contribution in [2.24, 2.45) is 11.5 Å². The smallest absolute Gasteiger partial charge is 0.153 e. The van der Waals surface area contributed by atoms with Gasteiger partial charge in [-0.15, -0.1) is 0 Å². The van der Waals surface area contributed by atoms with Crippen LogP contribution in [0.3, 0.4) is 0 Å². The van der Waals surface area contributed by atoms with Crippen molar-refractivity contribution in [2.75, 3.05) is 13.1 Å². The molecule has 0 unspecified atom stereocenters. The monoisotopic (exact) mass is 241 g/mol. The predicted octanol–water partition coefficient (Wildman–Crippen LogP) is 0.106. The molecule has 0 amide bonds. The van der Waals surface area contributed by atoms with E-state index in [2.05, 4.69) is 0 Å². The van der Waals surface area contributed by atoms with E-state index in [-0.39, 0.29) is 22.5 Å². The molecule has 81 valence electrons. The second kappa shape index (κ2) is 10.2. The minimum atomic E-state index is 0. The van der Waals surface area contributed by atoms with Crippen molar-refractivity contribution >= 4 is 6.29 Å². The maximum absolute atomic E-state index is 10.1. The summed E-state index contributed by atoms with van der Waals surface area (Å²) < 4.78 is 0. The van der Waals surface area contributed by atoms with E-state index in [1.54, 1.807) is 18.2 Å². The largest absolute Gasteiger partial charge is 0.507 e. The number of aldehydes is 1. The number of nitrogens with two attached hydrogens (primary N) is 2. The number of phenols is 1. The van der Waals surface area contributed by atoms with E-state index in [9.17, 15) is 4.79 Å². The van der Waals surface area contributed by atoms with Gasteiger partial charge in [-0.1, -0.05) is 12.1 Å². The van der Waals surface area contributed by atoms with Crippen molar-refractivity contribution in [2.45, 2.75) is 0 Å². The zero-order valence-electron chi connectivity index (χ0n) is 7.64. The molecule has 5 heteroatoms. The van der Waals surface area contributed by atoms with Gasteiger partial charge in [0.05, 0.1) is 5.56 Å². The van der Waals surface area contributed by atoms with Crippen molar-refractivity contribution in [1.82, 2.24) is 0 Å². The van der Waals surface area contributed by atoms with E-state index in [0.717, 1.165) is 0 Å². The molecular formula is C9H14CoN2O2. The van der Waals surface area contributed by atoms with Crippen molar-refractivity contribution in [1.29, 1.82) is 0 Å². The summed E-state index contributed by atoms with van der Waals surface area (Å²) in [7, 11) is 0. The van der Waals surface area contributed by atoms with E-state index in [1.807, 2.05) is 0 Å². The van der Waals surface area contributed by atoms with Gasteiger partial charge in [-0.3, -0.25) is 4.79 Å². The fourth-order valence-corrected chi connectivity index (χ4v) is 0.587. The van der Waals surface area contributed by atoms with Crippen LogP contribution in [-0.4, -0.2) is 24.5 Å². The molecule has 0 heterocycles. The molecule has 0 aliphatic heterocycles. The number of para-hydroxylation sites is 1. The topological polar surface area (TPSA) is 89.3 Å². The third kappa shape index (κ3) is 6.61. The van der Waals surface area contributed by atoms with Gasteiger partial charge >= 0.3 is 0 Å². The molecule has 0 aromatic heterocycles. The van der Waals surface area contributed by atoms with Crippen LogP contribution in [0.5, 0.6) is 5.75 Å². The number of carbonyl (C=O) groups is 1. The SMILES string of the molecule is NCCN.O=Cc1ccccc1O.[Co]. The van der Waals surface area contributed by atoms with Crippen LogP contribution >= 0.6 is 0 Å². The van der Waals surface area contributed by atoms with Crippen LogP contribution in [0.1, 0.15) is 10.4 Å². The maximum atomic E-state index is 10.1. The molecule has 0 aliphatic rings. The number of aromatic hydroxyl groups is 1. The van der Waals surface area contributed by atoms with Gasteiger partial charge in [0.1, 0.15) is 5.75 Å². The molecule has 0 fully saturated rings. The Morgan fingerprint density at radius 1 is 1.21 bits per heavy atom. The molecule has 0 aliphatic carbocycles. The molecule has 0 saturated carbocycles. The van der Waals surface area contributed by atoms with E-state index >= 15 is 0 Å². The quantitative estimate of drug-likeness (QED) is 0.641. The van der Waals surface area contributed by atoms with Crippen LogP contribution in [0.4, 0.5) is 0 Å². The number of hydrogen-bond acceptors (Lipinski definition) is 4. The van der Waals surface area contributed by atoms with E-state index in [4.69, 9.17) is 16.6 Å². The average Bonchev–Trinajstić information content (AvgIpc) is 2.19. The first-order valence-corrected chi connectivity index (χ1v) is 3.89. The van der Waals surface area contributed by atoms with Gasteiger partial charge < -0.3 is 16.6 Å². The van der Waals surface area contributed by atoms with Crippen molar-refractivity contribution in [3.63, 3.8) is 0 Å². The Morgan fingerprint density at radius 2 is 1.71 bits per heavy atom. The zero-order chi connectivity index (χ0) is 10.1. The summed E-state index contributed by atoms with van der Waals surface area (Å²) in [6.45, 7) is 1.19. The van der Waals surface area contributed by atoms with Gasteiger partial charge in [0, 0.05) is 29.9 Å². The molecule has 5 N–H and O–H groups in total. The number of carbonyl (C=O) groups excluding carboxylic acids is 1. The maximum Gasteiger partial charge on any atom is 0.153 e. The van der Waals surface area contributed by atoms with Gasteiger partial charge in [0.25, 0.3) is 0 Å². The molecule has 1 radical (unpaired) electrons. The van der Waals surface area contributed by atoms with Crippen molar-refractivity contribution in [3.8, 4) is 5.75 Å². The number of rotatable bonds is 2. The molecule has 0 bridgehead atoms. The fourth-order valence-electron chi connectivity index (χ4n) is 0.587. The Labute approximate surface area is 93.5 Å². The second-order valence-corrected chi connectivity index (χ2v) is 2.25. The average molecular weight is 241 g/mol. The first-order valence-electron chi connectivity index (χ1n) is 3.89. The van der Waals surface area contributed by atoms with Crippen LogP contribution in [0.2, 0.25) is 0 Å². The van der Waals surface area contributed by atoms with Gasteiger partial charge in [-0.25, -0.2) is 0 Å². The first kappa shape index (κ1) is 15.6. The first-order chi connectivity index (χ1) is 6.26. The number of phenolic OH excluding ortho intramolecular Hbond substituents is 1. The Hall–Kier alpha value is -0.884. The normalized spacial score (nSPS) is 7.86. The minimum Gasteiger partial charge on any atom is -0.507 e. The van der Waals surface area contributed by atoms with Gasteiger partial charge in [0.15, 0.2) is 6.29 Å². The van der Waals surface area contributed by atoms with Gasteiger partial charge in [0.2, 0.25) is 0 Å². The fraction of sp³-hybridized carbons (Fsp3) is 0.222. The van der Waals surface area contributed by atoms with Crippen LogP contribution in [0, 0.1) is 0 Å². The van der Waals surface area contributed by atoms with Gasteiger partial charge in [-0.05, 0) is 12.1 Å². The van der Waals surface area contributed by atoms with Crippen LogP contribution in [0.15, 0.2) is 24.3 Å². The summed E-state index contributed by atoms with van der Waals surface area (Å²) >= 11 is 0. The zero-order valence-corrected chi connectivity index (χ0v) is 8.69. The molecule has 4 nitrogen and oxygen atoms in total. The third-order valence-corrected chi connectivity index (χ3v) is 1.23. The predicted molar refractivity (Wildman–Crippen MR) is 51.6 cm³/mol. The Kier molecular flexibility index (Phi) is 11.4. The molecule has 0 saturated heterocycles. The summed E-state index contributed by atoms with van der Waals surface area (Å²) in [5.41, 5.74) is 10.1. The molecule has 14 heavy (non-hydrogen) atoms. The third-order valence-electron chi connectivity index (χ3n) is 1.23. The summed E-state index contributed by atoms with van der Waals surface area (Å²) in [6.07, 6.45) is 0.620. The van der Waals surface area contributed by atoms with Crippen LogP contribution in [-0.2, 0) is 16.8 Å². The van der Waals surface area contributed by atoms with E-state index < -0.39 is 0 Å². The molecule has 0 spiro atoms. The minimum absolute atomic E-state index is 0. The molecule has 0 atom stereocenters. The Bertz CT molecular complexity index is 254. The van der Waals surface area contributed by atoms with E-state index in [1.165, 1.54) is 6.07 Å².